The minimum atomic E-state index is 0.605. The van der Waals surface area contributed by atoms with Gasteiger partial charge >= 0.3 is 0 Å². The van der Waals surface area contributed by atoms with E-state index < -0.39 is 0 Å². The second kappa shape index (κ2) is 2.65. The van der Waals surface area contributed by atoms with Crippen LogP contribution in [0.5, 0.6) is 5.75 Å². The molecule has 68 valence electrons. The Morgan fingerprint density at radius 2 is 2.23 bits per heavy atom. The summed E-state index contributed by atoms with van der Waals surface area (Å²) in [4.78, 5) is 0. The van der Waals surface area contributed by atoms with Crippen molar-refractivity contribution in [3.05, 3.63) is 29.9 Å². The highest BCUT2D eigenvalue weighted by Crippen LogP contribution is 2.23. The Morgan fingerprint density at radius 3 is 2.92 bits per heavy atom. The molecule has 0 amide bonds. The Bertz CT molecular complexity index is 448. The van der Waals surface area contributed by atoms with Gasteiger partial charge in [-0.2, -0.15) is 4.73 Å². The summed E-state index contributed by atoms with van der Waals surface area (Å²) in [5, 5.41) is 12.1. The molecule has 2 heterocycles. The van der Waals surface area contributed by atoms with Crippen LogP contribution in [0.3, 0.4) is 0 Å². The number of aromatic nitrogens is 2. The van der Waals surface area contributed by atoms with Crippen LogP contribution in [-0.4, -0.2) is 11.7 Å². The van der Waals surface area contributed by atoms with Gasteiger partial charge in [0.15, 0.2) is 5.75 Å². The maximum absolute atomic E-state index is 11.1. The van der Waals surface area contributed by atoms with Crippen molar-refractivity contribution in [3.8, 4) is 5.75 Å². The summed E-state index contributed by atoms with van der Waals surface area (Å²) >= 11 is 0. The molecule has 0 saturated carbocycles. The van der Waals surface area contributed by atoms with Gasteiger partial charge in [-0.15, -0.1) is 0 Å². The van der Waals surface area contributed by atoms with Crippen molar-refractivity contribution in [2.45, 2.75) is 0 Å². The predicted octanol–water partition coefficient (Wildman–Crippen LogP) is 0.820. The summed E-state index contributed by atoms with van der Waals surface area (Å²) in [5.41, 5.74) is 0.870. The largest absolute Gasteiger partial charge is 0.619 e. The molecule has 2 rings (SSSR count). The normalized spacial score (nSPS) is 10.6. The third kappa shape index (κ3) is 1.11. The van der Waals surface area contributed by atoms with Gasteiger partial charge in [0.2, 0.25) is 12.4 Å². The Kier molecular flexibility index (Phi) is 1.62. The van der Waals surface area contributed by atoms with Crippen molar-refractivity contribution in [1.29, 1.82) is 0 Å². The molecule has 13 heavy (non-hydrogen) atoms. The third-order valence-corrected chi connectivity index (χ3v) is 2.10. The van der Waals surface area contributed by atoms with Crippen molar-refractivity contribution >= 4 is 10.9 Å². The SMILES string of the molecule is COc1c[n+]([O-])cc2c1ccn2C. The summed E-state index contributed by atoms with van der Waals surface area (Å²) in [5.74, 6) is 0.605. The quantitative estimate of drug-likeness (QED) is 0.479. The molecule has 0 radical (unpaired) electrons. The average molecular weight is 178 g/mol. The molecule has 0 N–H and O–H groups in total. The first-order chi connectivity index (χ1) is 6.22. The number of hydrogen-bond donors (Lipinski definition) is 0. The lowest BCUT2D eigenvalue weighted by Crippen LogP contribution is -2.24. The van der Waals surface area contributed by atoms with Gasteiger partial charge in [0.25, 0.3) is 0 Å². The summed E-state index contributed by atoms with van der Waals surface area (Å²) in [6.45, 7) is 0. The van der Waals surface area contributed by atoms with Crippen LogP contribution < -0.4 is 9.47 Å². The van der Waals surface area contributed by atoms with Gasteiger partial charge in [-0.25, -0.2) is 0 Å². The Morgan fingerprint density at radius 1 is 1.46 bits per heavy atom. The van der Waals surface area contributed by atoms with Gasteiger partial charge in [-0.3, -0.25) is 0 Å². The first kappa shape index (κ1) is 7.91. The molecule has 0 aliphatic carbocycles. The first-order valence-electron chi connectivity index (χ1n) is 3.94. The topological polar surface area (TPSA) is 41.1 Å². The standard InChI is InChI=1S/C9H10N2O2/c1-10-4-3-7-8(10)5-11(12)6-9(7)13-2/h3-6H,1-2H3. The van der Waals surface area contributed by atoms with Crippen LogP contribution in [0, 0.1) is 5.21 Å². The van der Waals surface area contributed by atoms with Crippen LogP contribution >= 0.6 is 0 Å². The Balaban J connectivity index is 2.84. The van der Waals surface area contributed by atoms with E-state index in [1.165, 1.54) is 12.4 Å². The number of ether oxygens (including phenoxy) is 1. The van der Waals surface area contributed by atoms with E-state index in [0.717, 1.165) is 15.6 Å². The molecule has 4 nitrogen and oxygen atoms in total. The summed E-state index contributed by atoms with van der Waals surface area (Å²) in [7, 11) is 3.45. The minimum absolute atomic E-state index is 0.605. The molecule has 0 fully saturated rings. The van der Waals surface area contributed by atoms with Crippen LogP contribution in [-0.2, 0) is 7.05 Å². The molecule has 0 unspecified atom stereocenters. The molecular formula is C9H10N2O2. The highest BCUT2D eigenvalue weighted by Gasteiger charge is 2.09. The summed E-state index contributed by atoms with van der Waals surface area (Å²) < 4.78 is 7.72. The van der Waals surface area contributed by atoms with E-state index in [9.17, 15) is 5.21 Å². The number of aryl methyl sites for hydroxylation is 1. The van der Waals surface area contributed by atoms with Crippen LogP contribution in [0.2, 0.25) is 0 Å². The van der Waals surface area contributed by atoms with Gasteiger partial charge in [-0.05, 0) is 6.07 Å². The van der Waals surface area contributed by atoms with E-state index in [4.69, 9.17) is 4.74 Å². The molecule has 0 spiro atoms. The van der Waals surface area contributed by atoms with Gasteiger partial charge in [0, 0.05) is 13.2 Å². The van der Waals surface area contributed by atoms with Crippen LogP contribution in [0.25, 0.3) is 10.9 Å². The van der Waals surface area contributed by atoms with Gasteiger partial charge in [-0.1, -0.05) is 0 Å². The van der Waals surface area contributed by atoms with E-state index in [1.807, 2.05) is 23.9 Å². The number of pyridine rings is 1. The maximum atomic E-state index is 11.1. The minimum Gasteiger partial charge on any atom is -0.619 e. The zero-order chi connectivity index (χ0) is 9.42. The lowest BCUT2D eigenvalue weighted by molar-refractivity contribution is -0.604. The molecule has 0 bridgehead atoms. The van der Waals surface area contributed by atoms with Crippen LogP contribution in [0.4, 0.5) is 0 Å². The Labute approximate surface area is 75.6 Å². The van der Waals surface area contributed by atoms with Crippen molar-refractivity contribution < 1.29 is 9.47 Å². The molecule has 0 saturated heterocycles. The van der Waals surface area contributed by atoms with Crippen molar-refractivity contribution in [3.63, 3.8) is 0 Å². The maximum Gasteiger partial charge on any atom is 0.223 e. The van der Waals surface area contributed by atoms with Crippen molar-refractivity contribution in [2.24, 2.45) is 7.05 Å². The molecule has 2 aromatic heterocycles. The second-order valence-corrected chi connectivity index (χ2v) is 2.91. The van der Waals surface area contributed by atoms with E-state index in [1.54, 1.807) is 7.11 Å². The molecule has 0 aliphatic heterocycles. The molecule has 2 aromatic rings. The van der Waals surface area contributed by atoms with E-state index in [0.29, 0.717) is 5.75 Å². The number of hydrogen-bond acceptors (Lipinski definition) is 2. The highest BCUT2D eigenvalue weighted by atomic mass is 16.5. The monoisotopic (exact) mass is 178 g/mol. The molecule has 0 aromatic carbocycles. The van der Waals surface area contributed by atoms with Gasteiger partial charge in [0.1, 0.15) is 5.52 Å². The van der Waals surface area contributed by atoms with Gasteiger partial charge < -0.3 is 14.5 Å². The van der Waals surface area contributed by atoms with E-state index in [-0.39, 0.29) is 0 Å². The summed E-state index contributed by atoms with van der Waals surface area (Å²) in [6.07, 6.45) is 4.84. The fraction of sp³-hybridized carbons (Fsp3) is 0.222. The Hall–Kier alpha value is -1.71. The molecular weight excluding hydrogens is 168 g/mol. The zero-order valence-corrected chi connectivity index (χ0v) is 7.52. The number of methoxy groups -OCH3 is 1. The lowest BCUT2D eigenvalue weighted by Gasteiger charge is -2.02. The van der Waals surface area contributed by atoms with E-state index >= 15 is 0 Å². The highest BCUT2D eigenvalue weighted by molar-refractivity contribution is 5.84. The smallest absolute Gasteiger partial charge is 0.223 e. The predicted molar refractivity (Wildman–Crippen MR) is 48.4 cm³/mol. The second-order valence-electron chi connectivity index (χ2n) is 2.91. The first-order valence-corrected chi connectivity index (χ1v) is 3.94. The van der Waals surface area contributed by atoms with Crippen LogP contribution in [0.15, 0.2) is 24.7 Å². The average Bonchev–Trinajstić information content (AvgIpc) is 2.47. The number of rotatable bonds is 1. The van der Waals surface area contributed by atoms with Crippen molar-refractivity contribution in [1.82, 2.24) is 4.57 Å². The number of fused-ring (bicyclic) bond motifs is 1. The van der Waals surface area contributed by atoms with Crippen molar-refractivity contribution in [2.75, 3.05) is 7.11 Å². The fourth-order valence-electron chi connectivity index (χ4n) is 1.42. The molecule has 0 aliphatic rings. The van der Waals surface area contributed by atoms with Crippen LogP contribution in [0.1, 0.15) is 0 Å². The summed E-state index contributed by atoms with van der Waals surface area (Å²) in [6, 6.07) is 1.92. The zero-order valence-electron chi connectivity index (χ0n) is 7.52. The fourth-order valence-corrected chi connectivity index (χ4v) is 1.42. The lowest BCUT2D eigenvalue weighted by atomic mass is 10.3. The van der Waals surface area contributed by atoms with Gasteiger partial charge in [0.05, 0.1) is 12.5 Å². The number of nitrogens with zero attached hydrogens (tertiary/aromatic N) is 2. The molecule has 4 heteroatoms. The molecule has 0 atom stereocenters. The van der Waals surface area contributed by atoms with E-state index in [2.05, 4.69) is 0 Å². The third-order valence-electron chi connectivity index (χ3n) is 2.10.